The van der Waals surface area contributed by atoms with Gasteiger partial charge in [0, 0.05) is 10.9 Å². The zero-order valence-corrected chi connectivity index (χ0v) is 17.4. The van der Waals surface area contributed by atoms with Crippen LogP contribution in [0.5, 0.6) is 11.5 Å². The topological polar surface area (TPSA) is 61.8 Å². The molecule has 0 bridgehead atoms. The Morgan fingerprint density at radius 3 is 2.48 bits per heavy atom. The fraction of sp³-hybridized carbons (Fsp3) is 0.304. The fourth-order valence-corrected chi connectivity index (χ4v) is 3.96. The lowest BCUT2D eigenvalue weighted by atomic mass is 9.73. The monoisotopic (exact) mass is 414 g/mol. The number of hydrogen-bond donors (Lipinski definition) is 0. The van der Waals surface area contributed by atoms with Gasteiger partial charge in [0.05, 0.1) is 20.8 Å². The summed E-state index contributed by atoms with van der Waals surface area (Å²) in [6.07, 6.45) is 1.99. The smallest absolute Gasteiger partial charge is 0.317 e. The van der Waals surface area contributed by atoms with Gasteiger partial charge in [-0.25, -0.2) is 0 Å². The molecule has 0 saturated carbocycles. The maximum atomic E-state index is 13.0. The third kappa shape index (κ3) is 4.30. The molecule has 0 spiro atoms. The average molecular weight is 415 g/mol. The van der Waals surface area contributed by atoms with Gasteiger partial charge in [0.25, 0.3) is 0 Å². The number of methoxy groups -OCH3 is 2. The summed E-state index contributed by atoms with van der Waals surface area (Å²) in [5.74, 6) is -0.970. The van der Waals surface area contributed by atoms with E-state index in [0.29, 0.717) is 22.9 Å². The number of halogens is 1. The summed E-state index contributed by atoms with van der Waals surface area (Å²) >= 11 is 6.41. The summed E-state index contributed by atoms with van der Waals surface area (Å²) in [6, 6.07) is 12.8. The van der Waals surface area contributed by atoms with Crippen molar-refractivity contribution in [3.63, 3.8) is 0 Å². The van der Waals surface area contributed by atoms with E-state index in [4.69, 9.17) is 25.8 Å². The summed E-state index contributed by atoms with van der Waals surface area (Å²) < 4.78 is 15.9. The summed E-state index contributed by atoms with van der Waals surface area (Å²) in [5.41, 5.74) is 2.39. The predicted octanol–water partition coefficient (Wildman–Crippen LogP) is 4.68. The van der Waals surface area contributed by atoms with Crippen molar-refractivity contribution in [3.05, 3.63) is 64.7 Å². The molecule has 0 unspecified atom stereocenters. The minimum atomic E-state index is -0.918. The molecule has 2 aromatic carbocycles. The van der Waals surface area contributed by atoms with Gasteiger partial charge in [-0.3, -0.25) is 9.59 Å². The van der Waals surface area contributed by atoms with E-state index in [0.717, 1.165) is 16.7 Å². The van der Waals surface area contributed by atoms with E-state index in [1.807, 2.05) is 30.3 Å². The SMILES string of the molecule is CCOC(=O)[C@@H]1C(=O)C=C(c2ccc(OC)c(OC)c2)C[C@H]1c1ccccc1Cl. The van der Waals surface area contributed by atoms with E-state index in [1.165, 1.54) is 6.08 Å². The number of carbonyl (C=O) groups excluding carboxylic acids is 2. The highest BCUT2D eigenvalue weighted by molar-refractivity contribution is 6.31. The Morgan fingerprint density at radius 2 is 1.83 bits per heavy atom. The van der Waals surface area contributed by atoms with Crippen molar-refractivity contribution in [2.24, 2.45) is 5.92 Å². The van der Waals surface area contributed by atoms with E-state index in [-0.39, 0.29) is 12.4 Å². The Kier molecular flexibility index (Phi) is 6.60. The number of hydrogen-bond acceptors (Lipinski definition) is 5. The van der Waals surface area contributed by atoms with Crippen molar-refractivity contribution in [2.75, 3.05) is 20.8 Å². The van der Waals surface area contributed by atoms with Crippen LogP contribution in [0.25, 0.3) is 5.57 Å². The molecule has 0 heterocycles. The normalized spacial score (nSPS) is 18.8. The molecule has 0 radical (unpaired) electrons. The molecule has 3 rings (SSSR count). The van der Waals surface area contributed by atoms with Crippen LogP contribution in [0.15, 0.2) is 48.5 Å². The lowest BCUT2D eigenvalue weighted by Gasteiger charge is -2.30. The van der Waals surface area contributed by atoms with E-state index in [2.05, 4.69) is 0 Å². The van der Waals surface area contributed by atoms with Crippen LogP contribution in [0.3, 0.4) is 0 Å². The number of benzene rings is 2. The average Bonchev–Trinajstić information content (AvgIpc) is 2.73. The molecular weight excluding hydrogens is 392 g/mol. The molecule has 6 heteroatoms. The van der Waals surface area contributed by atoms with Gasteiger partial charge in [-0.2, -0.15) is 0 Å². The molecule has 0 N–H and O–H groups in total. The number of rotatable bonds is 6. The van der Waals surface area contributed by atoms with Gasteiger partial charge in [0.15, 0.2) is 17.3 Å². The maximum absolute atomic E-state index is 13.0. The highest BCUT2D eigenvalue weighted by Gasteiger charge is 2.40. The quantitative estimate of drug-likeness (QED) is 0.507. The Hall–Kier alpha value is -2.79. The lowest BCUT2D eigenvalue weighted by Crippen LogP contribution is -2.34. The first-order valence-corrected chi connectivity index (χ1v) is 9.75. The summed E-state index contributed by atoms with van der Waals surface area (Å²) in [4.78, 5) is 25.6. The molecule has 1 aliphatic rings. The molecule has 2 aromatic rings. The van der Waals surface area contributed by atoms with E-state index in [9.17, 15) is 9.59 Å². The Bertz CT molecular complexity index is 950. The zero-order valence-electron chi connectivity index (χ0n) is 16.6. The van der Waals surface area contributed by atoms with Crippen LogP contribution in [0.1, 0.15) is 30.4 Å². The van der Waals surface area contributed by atoms with Crippen LogP contribution in [0, 0.1) is 5.92 Å². The standard InChI is InChI=1S/C23H23ClO5/c1-4-29-23(26)22-17(16-7-5-6-8-18(16)24)11-15(12-19(22)25)14-9-10-20(27-2)21(13-14)28-3/h5-10,12-13,17,22H,4,11H2,1-3H3/t17-,22-/m0/s1. The first-order valence-electron chi connectivity index (χ1n) is 9.38. The molecular formula is C23H23ClO5. The first-order chi connectivity index (χ1) is 14.0. The van der Waals surface area contributed by atoms with Crippen molar-refractivity contribution in [2.45, 2.75) is 19.3 Å². The van der Waals surface area contributed by atoms with E-state index >= 15 is 0 Å². The van der Waals surface area contributed by atoms with Crippen molar-refractivity contribution >= 4 is 28.9 Å². The van der Waals surface area contributed by atoms with Crippen LogP contribution in [-0.2, 0) is 14.3 Å². The molecule has 1 aliphatic carbocycles. The van der Waals surface area contributed by atoms with Gasteiger partial charge >= 0.3 is 5.97 Å². The number of carbonyl (C=O) groups is 2. The minimum absolute atomic E-state index is 0.212. The molecule has 0 aliphatic heterocycles. The molecule has 0 fully saturated rings. The van der Waals surface area contributed by atoms with Crippen LogP contribution in [0.2, 0.25) is 5.02 Å². The highest BCUT2D eigenvalue weighted by atomic mass is 35.5. The molecule has 5 nitrogen and oxygen atoms in total. The largest absolute Gasteiger partial charge is 0.493 e. The molecule has 0 amide bonds. The van der Waals surface area contributed by atoms with Gasteiger partial charge in [-0.15, -0.1) is 0 Å². The third-order valence-corrected chi connectivity index (χ3v) is 5.41. The molecule has 0 saturated heterocycles. The Labute approximate surface area is 175 Å². The van der Waals surface area contributed by atoms with E-state index in [1.54, 1.807) is 33.3 Å². The van der Waals surface area contributed by atoms with Crippen molar-refractivity contribution in [1.29, 1.82) is 0 Å². The van der Waals surface area contributed by atoms with Crippen molar-refractivity contribution < 1.29 is 23.8 Å². The molecule has 152 valence electrons. The predicted molar refractivity (Wildman–Crippen MR) is 111 cm³/mol. The van der Waals surface area contributed by atoms with Gasteiger partial charge in [-0.1, -0.05) is 35.9 Å². The third-order valence-electron chi connectivity index (χ3n) is 5.06. The van der Waals surface area contributed by atoms with Crippen LogP contribution < -0.4 is 9.47 Å². The van der Waals surface area contributed by atoms with Gasteiger partial charge in [0.2, 0.25) is 0 Å². The summed E-state index contributed by atoms with van der Waals surface area (Å²) in [6.45, 7) is 1.94. The number of esters is 1. The summed E-state index contributed by atoms with van der Waals surface area (Å²) in [7, 11) is 3.13. The molecule has 29 heavy (non-hydrogen) atoms. The second-order valence-corrected chi connectivity index (χ2v) is 7.11. The second-order valence-electron chi connectivity index (χ2n) is 6.70. The molecule has 0 aromatic heterocycles. The highest BCUT2D eigenvalue weighted by Crippen LogP contribution is 2.43. The van der Waals surface area contributed by atoms with Crippen molar-refractivity contribution in [1.82, 2.24) is 0 Å². The Morgan fingerprint density at radius 1 is 1.10 bits per heavy atom. The lowest BCUT2D eigenvalue weighted by molar-refractivity contribution is -0.151. The summed E-state index contributed by atoms with van der Waals surface area (Å²) in [5, 5.41) is 0.521. The molecule has 2 atom stereocenters. The maximum Gasteiger partial charge on any atom is 0.317 e. The Balaban J connectivity index is 2.06. The van der Waals surface area contributed by atoms with Crippen LogP contribution >= 0.6 is 11.6 Å². The van der Waals surface area contributed by atoms with Gasteiger partial charge in [0.1, 0.15) is 5.92 Å². The minimum Gasteiger partial charge on any atom is -0.493 e. The zero-order chi connectivity index (χ0) is 21.0. The number of allylic oxidation sites excluding steroid dienone is 2. The number of ketones is 1. The number of ether oxygens (including phenoxy) is 3. The van der Waals surface area contributed by atoms with E-state index < -0.39 is 17.8 Å². The second kappa shape index (κ2) is 9.14. The van der Waals surface area contributed by atoms with Crippen LogP contribution in [-0.4, -0.2) is 32.6 Å². The fourth-order valence-electron chi connectivity index (χ4n) is 3.69. The van der Waals surface area contributed by atoms with Gasteiger partial charge < -0.3 is 14.2 Å². The first kappa shape index (κ1) is 20.9. The van der Waals surface area contributed by atoms with Crippen molar-refractivity contribution in [3.8, 4) is 11.5 Å². The van der Waals surface area contributed by atoms with Crippen LogP contribution in [0.4, 0.5) is 0 Å². The van der Waals surface area contributed by atoms with Gasteiger partial charge in [-0.05, 0) is 54.3 Å².